The third-order valence-corrected chi connectivity index (χ3v) is 4.06. The predicted molar refractivity (Wildman–Crippen MR) is 83.0 cm³/mol. The highest BCUT2D eigenvalue weighted by atomic mass is 16.5. The van der Waals surface area contributed by atoms with Crippen molar-refractivity contribution < 1.29 is 4.52 Å². The summed E-state index contributed by atoms with van der Waals surface area (Å²) in [5, 5.41) is 7.58. The maximum Gasteiger partial charge on any atom is 0.257 e. The van der Waals surface area contributed by atoms with E-state index in [1.54, 1.807) is 0 Å². The Morgan fingerprint density at radius 3 is 2.52 bits per heavy atom. The van der Waals surface area contributed by atoms with Gasteiger partial charge in [-0.05, 0) is 42.5 Å². The van der Waals surface area contributed by atoms with Crippen LogP contribution in [-0.4, -0.2) is 16.7 Å². The molecule has 2 heterocycles. The molecule has 1 aliphatic heterocycles. The SMILES string of the molecule is CC(C)(C)c1ccc(-c2nc(C3CCCCN3)no2)cc1. The Hall–Kier alpha value is -1.68. The van der Waals surface area contributed by atoms with E-state index < -0.39 is 0 Å². The third-order valence-electron chi connectivity index (χ3n) is 4.06. The molecule has 4 nitrogen and oxygen atoms in total. The molecule has 1 N–H and O–H groups in total. The summed E-state index contributed by atoms with van der Waals surface area (Å²) in [6.45, 7) is 7.67. The van der Waals surface area contributed by atoms with E-state index in [1.807, 2.05) is 0 Å². The first-order chi connectivity index (χ1) is 10.0. The fourth-order valence-corrected chi connectivity index (χ4v) is 2.68. The van der Waals surface area contributed by atoms with E-state index in [9.17, 15) is 0 Å². The lowest BCUT2D eigenvalue weighted by molar-refractivity contribution is 0.367. The van der Waals surface area contributed by atoms with Crippen molar-refractivity contribution in [3.63, 3.8) is 0 Å². The summed E-state index contributed by atoms with van der Waals surface area (Å²) < 4.78 is 5.43. The molecule has 1 aliphatic rings. The Labute approximate surface area is 126 Å². The second-order valence-corrected chi connectivity index (χ2v) is 6.79. The smallest absolute Gasteiger partial charge is 0.257 e. The maximum atomic E-state index is 5.43. The average molecular weight is 285 g/mol. The lowest BCUT2D eigenvalue weighted by atomic mass is 9.87. The van der Waals surface area contributed by atoms with Gasteiger partial charge in [-0.25, -0.2) is 0 Å². The molecule has 1 saturated heterocycles. The Morgan fingerprint density at radius 1 is 1.14 bits per heavy atom. The molecule has 0 saturated carbocycles. The summed E-state index contributed by atoms with van der Waals surface area (Å²) in [6, 6.07) is 8.64. The number of aromatic nitrogens is 2. The number of benzene rings is 1. The molecule has 0 spiro atoms. The van der Waals surface area contributed by atoms with Crippen molar-refractivity contribution in [2.24, 2.45) is 0 Å². The minimum Gasteiger partial charge on any atom is -0.334 e. The Balaban J connectivity index is 1.79. The van der Waals surface area contributed by atoms with Gasteiger partial charge in [0, 0.05) is 5.56 Å². The van der Waals surface area contributed by atoms with Crippen molar-refractivity contribution in [3.05, 3.63) is 35.7 Å². The molecular weight excluding hydrogens is 262 g/mol. The number of hydrogen-bond donors (Lipinski definition) is 1. The van der Waals surface area contributed by atoms with Crippen LogP contribution >= 0.6 is 0 Å². The van der Waals surface area contributed by atoms with Crippen molar-refractivity contribution in [2.75, 3.05) is 6.54 Å². The molecule has 1 aromatic heterocycles. The van der Waals surface area contributed by atoms with Crippen LogP contribution in [0.3, 0.4) is 0 Å². The van der Waals surface area contributed by atoms with E-state index >= 15 is 0 Å². The van der Waals surface area contributed by atoms with Gasteiger partial charge in [0.25, 0.3) is 5.89 Å². The Morgan fingerprint density at radius 2 is 1.90 bits per heavy atom. The summed E-state index contributed by atoms with van der Waals surface area (Å²) >= 11 is 0. The van der Waals surface area contributed by atoms with Crippen LogP contribution in [0.4, 0.5) is 0 Å². The highest BCUT2D eigenvalue weighted by Gasteiger charge is 2.21. The molecular formula is C17H23N3O. The van der Waals surface area contributed by atoms with E-state index in [0.717, 1.165) is 24.4 Å². The van der Waals surface area contributed by atoms with Gasteiger partial charge in [0.2, 0.25) is 0 Å². The van der Waals surface area contributed by atoms with Crippen LogP contribution in [0.5, 0.6) is 0 Å². The van der Waals surface area contributed by atoms with Crippen LogP contribution in [-0.2, 0) is 5.41 Å². The fraction of sp³-hybridized carbons (Fsp3) is 0.529. The van der Waals surface area contributed by atoms with Crippen molar-refractivity contribution in [2.45, 2.75) is 51.5 Å². The minimum absolute atomic E-state index is 0.157. The molecule has 0 bridgehead atoms. The van der Waals surface area contributed by atoms with Crippen LogP contribution in [0, 0.1) is 0 Å². The van der Waals surface area contributed by atoms with Crippen molar-refractivity contribution >= 4 is 0 Å². The number of piperidine rings is 1. The van der Waals surface area contributed by atoms with Gasteiger partial charge in [-0.2, -0.15) is 4.98 Å². The van der Waals surface area contributed by atoms with E-state index in [-0.39, 0.29) is 11.5 Å². The van der Waals surface area contributed by atoms with Crippen molar-refractivity contribution in [3.8, 4) is 11.5 Å². The largest absolute Gasteiger partial charge is 0.334 e. The molecule has 0 aliphatic carbocycles. The monoisotopic (exact) mass is 285 g/mol. The first-order valence-electron chi connectivity index (χ1n) is 7.72. The zero-order valence-electron chi connectivity index (χ0n) is 13.0. The van der Waals surface area contributed by atoms with E-state index in [1.165, 1.54) is 18.4 Å². The molecule has 21 heavy (non-hydrogen) atoms. The highest BCUT2D eigenvalue weighted by molar-refractivity contribution is 5.53. The second-order valence-electron chi connectivity index (χ2n) is 6.79. The van der Waals surface area contributed by atoms with Crippen LogP contribution in [0.15, 0.2) is 28.8 Å². The quantitative estimate of drug-likeness (QED) is 0.910. The first kappa shape index (κ1) is 14.3. The van der Waals surface area contributed by atoms with Gasteiger partial charge in [0.1, 0.15) is 0 Å². The van der Waals surface area contributed by atoms with Crippen molar-refractivity contribution in [1.82, 2.24) is 15.5 Å². The standard InChI is InChI=1S/C17H23N3O/c1-17(2,3)13-9-7-12(8-10-13)16-19-15(20-21-16)14-6-4-5-11-18-14/h7-10,14,18H,4-6,11H2,1-3H3. The number of hydrogen-bond acceptors (Lipinski definition) is 4. The number of rotatable bonds is 2. The van der Waals surface area contributed by atoms with E-state index in [0.29, 0.717) is 5.89 Å². The number of nitrogens with zero attached hydrogens (tertiary/aromatic N) is 2. The zero-order chi connectivity index (χ0) is 14.9. The molecule has 3 rings (SSSR count). The molecule has 0 amide bonds. The zero-order valence-corrected chi connectivity index (χ0v) is 13.0. The van der Waals surface area contributed by atoms with Gasteiger partial charge in [-0.3, -0.25) is 0 Å². The van der Waals surface area contributed by atoms with Crippen LogP contribution in [0.1, 0.15) is 57.5 Å². The van der Waals surface area contributed by atoms with E-state index in [2.05, 4.69) is 60.5 Å². The summed E-state index contributed by atoms with van der Waals surface area (Å²) in [5.41, 5.74) is 2.45. The normalized spacial score (nSPS) is 19.7. The lowest BCUT2D eigenvalue weighted by Gasteiger charge is -2.19. The number of nitrogens with one attached hydrogen (secondary N) is 1. The van der Waals surface area contributed by atoms with Crippen molar-refractivity contribution in [1.29, 1.82) is 0 Å². The molecule has 1 unspecified atom stereocenters. The summed E-state index contributed by atoms with van der Waals surface area (Å²) in [5.74, 6) is 1.39. The second kappa shape index (κ2) is 5.60. The summed E-state index contributed by atoms with van der Waals surface area (Å²) in [7, 11) is 0. The molecule has 1 atom stereocenters. The van der Waals surface area contributed by atoms with Crippen LogP contribution in [0.2, 0.25) is 0 Å². The molecule has 1 fully saturated rings. The topological polar surface area (TPSA) is 51.0 Å². The Bertz CT molecular complexity index is 589. The van der Waals surface area contributed by atoms with E-state index in [4.69, 9.17) is 4.52 Å². The maximum absolute atomic E-state index is 5.43. The van der Waals surface area contributed by atoms with Gasteiger partial charge >= 0.3 is 0 Å². The minimum atomic E-state index is 0.157. The summed E-state index contributed by atoms with van der Waals surface area (Å²) in [6.07, 6.45) is 3.54. The lowest BCUT2D eigenvalue weighted by Crippen LogP contribution is -2.27. The van der Waals surface area contributed by atoms with Gasteiger partial charge in [-0.1, -0.05) is 44.5 Å². The first-order valence-corrected chi connectivity index (χ1v) is 7.72. The fourth-order valence-electron chi connectivity index (χ4n) is 2.68. The molecule has 0 radical (unpaired) electrons. The Kier molecular flexibility index (Phi) is 3.81. The molecule has 2 aromatic rings. The van der Waals surface area contributed by atoms with Gasteiger partial charge in [0.15, 0.2) is 5.82 Å². The predicted octanol–water partition coefficient (Wildman–Crippen LogP) is 3.85. The van der Waals surface area contributed by atoms with Crippen LogP contribution < -0.4 is 5.32 Å². The van der Waals surface area contributed by atoms with Crippen LogP contribution in [0.25, 0.3) is 11.5 Å². The molecule has 4 heteroatoms. The molecule has 112 valence electrons. The van der Waals surface area contributed by atoms with Gasteiger partial charge < -0.3 is 9.84 Å². The molecule has 1 aromatic carbocycles. The third kappa shape index (κ3) is 3.16. The van der Waals surface area contributed by atoms with Gasteiger partial charge in [0.05, 0.1) is 6.04 Å². The summed E-state index contributed by atoms with van der Waals surface area (Å²) in [4.78, 5) is 4.56. The average Bonchev–Trinajstić information content (AvgIpc) is 2.97. The van der Waals surface area contributed by atoms with Gasteiger partial charge in [-0.15, -0.1) is 0 Å². The highest BCUT2D eigenvalue weighted by Crippen LogP contribution is 2.27.